The van der Waals surface area contributed by atoms with Crippen LogP contribution in [-0.2, 0) is 19.1 Å². The minimum atomic E-state index is -0.654. The van der Waals surface area contributed by atoms with E-state index in [9.17, 15) is 9.59 Å². The van der Waals surface area contributed by atoms with Crippen LogP contribution in [0.3, 0.4) is 0 Å². The number of rotatable bonds is 4. The van der Waals surface area contributed by atoms with Crippen LogP contribution in [0.2, 0.25) is 0 Å². The molecule has 0 N–H and O–H groups in total. The quantitative estimate of drug-likeness (QED) is 0.742. The van der Waals surface area contributed by atoms with Crippen LogP contribution in [-0.4, -0.2) is 24.1 Å². The number of hydrogen-bond donors (Lipinski definition) is 0. The van der Waals surface area contributed by atoms with Gasteiger partial charge in [-0.05, 0) is 24.7 Å². The van der Waals surface area contributed by atoms with Crippen molar-refractivity contribution in [3.05, 3.63) is 0 Å². The highest BCUT2D eigenvalue weighted by molar-refractivity contribution is 5.87. The zero-order valence-electron chi connectivity index (χ0n) is 13.4. The number of ether oxygens (including phenoxy) is 2. The summed E-state index contributed by atoms with van der Waals surface area (Å²) in [5.41, 5.74) is 0. The fourth-order valence-electron chi connectivity index (χ4n) is 4.27. The van der Waals surface area contributed by atoms with Crippen molar-refractivity contribution in [2.45, 2.75) is 89.3 Å². The fourth-order valence-corrected chi connectivity index (χ4v) is 4.27. The summed E-state index contributed by atoms with van der Waals surface area (Å²) in [6.45, 7) is 0. The van der Waals surface area contributed by atoms with E-state index in [-0.39, 0.29) is 11.9 Å². The van der Waals surface area contributed by atoms with Gasteiger partial charge in [-0.25, -0.2) is 9.59 Å². The summed E-state index contributed by atoms with van der Waals surface area (Å²) < 4.78 is 10.9. The first-order valence-corrected chi connectivity index (χ1v) is 9.13. The molecule has 124 valence electrons. The van der Waals surface area contributed by atoms with Crippen LogP contribution in [0.5, 0.6) is 0 Å². The molecule has 4 heteroatoms. The smallest absolute Gasteiger partial charge is 0.348 e. The molecule has 0 radical (unpaired) electrons. The first-order valence-electron chi connectivity index (χ1n) is 9.13. The zero-order chi connectivity index (χ0) is 15.4. The molecule has 1 heterocycles. The predicted octanol–water partition coefficient (Wildman–Crippen LogP) is 3.76. The van der Waals surface area contributed by atoms with Gasteiger partial charge in [0.2, 0.25) is 0 Å². The molecule has 2 atom stereocenters. The van der Waals surface area contributed by atoms with E-state index in [0.717, 1.165) is 25.7 Å². The highest BCUT2D eigenvalue weighted by Gasteiger charge is 2.40. The Morgan fingerprint density at radius 3 is 1.36 bits per heavy atom. The number of esters is 2. The van der Waals surface area contributed by atoms with Crippen LogP contribution in [0.4, 0.5) is 0 Å². The Bertz CT molecular complexity index is 356. The lowest BCUT2D eigenvalue weighted by atomic mass is 9.84. The summed E-state index contributed by atoms with van der Waals surface area (Å²) in [6.07, 6.45) is 12.1. The normalized spacial score (nSPS) is 31.6. The lowest BCUT2D eigenvalue weighted by molar-refractivity contribution is -0.197. The van der Waals surface area contributed by atoms with Crippen LogP contribution < -0.4 is 0 Å². The summed E-state index contributed by atoms with van der Waals surface area (Å²) in [5, 5.41) is 0. The van der Waals surface area contributed by atoms with Crippen LogP contribution in [0.15, 0.2) is 0 Å². The number of carbonyl (C=O) groups excluding carboxylic acids is 2. The standard InChI is InChI=1S/C18H28O4/c19-17-15(11-13-7-3-1-4-8-13)21-18(20)16(22-17)12-14-9-5-2-6-10-14/h13-16H,1-12H2. The Morgan fingerprint density at radius 1 is 0.636 bits per heavy atom. The third-order valence-corrected chi connectivity index (χ3v) is 5.59. The first kappa shape index (κ1) is 15.8. The molecule has 4 nitrogen and oxygen atoms in total. The van der Waals surface area contributed by atoms with E-state index in [2.05, 4.69) is 0 Å². The Labute approximate surface area is 132 Å². The fraction of sp³-hybridized carbons (Fsp3) is 0.889. The van der Waals surface area contributed by atoms with Crippen LogP contribution >= 0.6 is 0 Å². The van der Waals surface area contributed by atoms with E-state index in [1.807, 2.05) is 0 Å². The average Bonchev–Trinajstić information content (AvgIpc) is 2.54. The van der Waals surface area contributed by atoms with Gasteiger partial charge in [0.05, 0.1) is 0 Å². The molecule has 1 aliphatic heterocycles. The maximum atomic E-state index is 12.2. The van der Waals surface area contributed by atoms with Gasteiger partial charge in [0.15, 0.2) is 12.2 Å². The van der Waals surface area contributed by atoms with Gasteiger partial charge in [0.25, 0.3) is 0 Å². The molecular weight excluding hydrogens is 280 g/mol. The molecule has 2 saturated carbocycles. The summed E-state index contributed by atoms with van der Waals surface area (Å²) in [6, 6.07) is 0. The molecule has 0 aromatic carbocycles. The van der Waals surface area contributed by atoms with Crippen molar-refractivity contribution in [3.8, 4) is 0 Å². The topological polar surface area (TPSA) is 52.6 Å². The van der Waals surface area contributed by atoms with E-state index in [1.165, 1.54) is 38.5 Å². The lowest BCUT2D eigenvalue weighted by Crippen LogP contribution is -2.45. The summed E-state index contributed by atoms with van der Waals surface area (Å²) in [5.74, 6) is 0.389. The monoisotopic (exact) mass is 308 g/mol. The van der Waals surface area contributed by atoms with Crippen LogP contribution in [0, 0.1) is 11.8 Å². The van der Waals surface area contributed by atoms with Gasteiger partial charge < -0.3 is 9.47 Å². The van der Waals surface area contributed by atoms with Gasteiger partial charge in [-0.2, -0.15) is 0 Å². The van der Waals surface area contributed by atoms with Crippen molar-refractivity contribution in [1.29, 1.82) is 0 Å². The van der Waals surface area contributed by atoms with Gasteiger partial charge in [0, 0.05) is 0 Å². The van der Waals surface area contributed by atoms with Crippen molar-refractivity contribution < 1.29 is 19.1 Å². The second-order valence-electron chi connectivity index (χ2n) is 7.33. The highest BCUT2D eigenvalue weighted by Crippen LogP contribution is 2.32. The maximum absolute atomic E-state index is 12.2. The molecule has 0 amide bonds. The number of cyclic esters (lactones) is 2. The molecule has 3 rings (SSSR count). The van der Waals surface area contributed by atoms with Gasteiger partial charge in [-0.3, -0.25) is 0 Å². The molecule has 0 aromatic rings. The molecule has 1 saturated heterocycles. The zero-order valence-corrected chi connectivity index (χ0v) is 13.4. The van der Waals surface area contributed by atoms with E-state index in [0.29, 0.717) is 24.7 Å². The van der Waals surface area contributed by atoms with E-state index >= 15 is 0 Å². The second kappa shape index (κ2) is 7.47. The van der Waals surface area contributed by atoms with Crippen molar-refractivity contribution in [2.75, 3.05) is 0 Å². The van der Waals surface area contributed by atoms with E-state index in [1.54, 1.807) is 0 Å². The Kier molecular flexibility index (Phi) is 5.37. The molecule has 2 aliphatic carbocycles. The Balaban J connectivity index is 1.49. The van der Waals surface area contributed by atoms with Gasteiger partial charge in [-0.1, -0.05) is 64.2 Å². The Morgan fingerprint density at radius 2 is 1.00 bits per heavy atom. The predicted molar refractivity (Wildman–Crippen MR) is 82.1 cm³/mol. The van der Waals surface area contributed by atoms with E-state index < -0.39 is 12.2 Å². The maximum Gasteiger partial charge on any atom is 0.348 e. The molecule has 2 unspecified atom stereocenters. The first-order chi connectivity index (χ1) is 10.7. The van der Waals surface area contributed by atoms with Gasteiger partial charge in [-0.15, -0.1) is 0 Å². The van der Waals surface area contributed by atoms with Crippen molar-refractivity contribution in [1.82, 2.24) is 0 Å². The number of hydrogen-bond acceptors (Lipinski definition) is 4. The molecule has 0 aromatic heterocycles. The largest absolute Gasteiger partial charge is 0.448 e. The Hall–Kier alpha value is -1.06. The molecule has 0 spiro atoms. The van der Waals surface area contributed by atoms with Crippen molar-refractivity contribution in [2.24, 2.45) is 11.8 Å². The molecule has 3 fully saturated rings. The SMILES string of the molecule is O=C1OC(CC2CCCCC2)C(=O)OC1CC1CCCCC1. The third kappa shape index (κ3) is 4.02. The van der Waals surface area contributed by atoms with Crippen LogP contribution in [0.25, 0.3) is 0 Å². The summed E-state index contributed by atoms with van der Waals surface area (Å²) >= 11 is 0. The van der Waals surface area contributed by atoms with Crippen LogP contribution in [0.1, 0.15) is 77.0 Å². The lowest BCUT2D eigenvalue weighted by Gasteiger charge is -2.32. The summed E-state index contributed by atoms with van der Waals surface area (Å²) in [7, 11) is 0. The van der Waals surface area contributed by atoms with Crippen molar-refractivity contribution in [3.63, 3.8) is 0 Å². The molecule has 22 heavy (non-hydrogen) atoms. The van der Waals surface area contributed by atoms with Gasteiger partial charge >= 0.3 is 11.9 Å². The summed E-state index contributed by atoms with van der Waals surface area (Å²) in [4.78, 5) is 24.3. The molecule has 0 bridgehead atoms. The molecular formula is C18H28O4. The minimum Gasteiger partial charge on any atom is -0.448 e. The average molecular weight is 308 g/mol. The number of carbonyl (C=O) groups is 2. The highest BCUT2D eigenvalue weighted by atomic mass is 16.6. The third-order valence-electron chi connectivity index (χ3n) is 5.59. The minimum absolute atomic E-state index is 0.314. The molecule has 3 aliphatic rings. The second-order valence-corrected chi connectivity index (χ2v) is 7.33. The van der Waals surface area contributed by atoms with E-state index in [4.69, 9.17) is 9.47 Å². The van der Waals surface area contributed by atoms with Gasteiger partial charge in [0.1, 0.15) is 0 Å². The van der Waals surface area contributed by atoms with Crippen molar-refractivity contribution >= 4 is 11.9 Å².